The molecule has 108 valence electrons. The van der Waals surface area contributed by atoms with Crippen molar-refractivity contribution < 1.29 is 9.18 Å². The number of nitrogens with zero attached hydrogens (tertiary/aromatic N) is 1. The van der Waals surface area contributed by atoms with Crippen LogP contribution in [0.2, 0.25) is 0 Å². The monoisotopic (exact) mass is 388 g/mol. The number of likely N-dealkylation sites (tertiary alicyclic amines) is 1. The molecule has 2 fully saturated rings. The van der Waals surface area contributed by atoms with Crippen LogP contribution in [0.4, 0.5) is 4.39 Å². The van der Waals surface area contributed by atoms with Crippen molar-refractivity contribution in [3.63, 3.8) is 0 Å². The van der Waals surface area contributed by atoms with E-state index in [4.69, 9.17) is 0 Å². The zero-order chi connectivity index (χ0) is 14.1. The molecule has 3 rings (SSSR count). The number of nitrogens with one attached hydrogen (secondary N) is 1. The van der Waals surface area contributed by atoms with Gasteiger partial charge in [-0.15, -0.1) is 0 Å². The summed E-state index contributed by atoms with van der Waals surface area (Å²) in [4.78, 5) is 14.4. The molecule has 2 saturated heterocycles. The molecule has 1 aromatic rings. The van der Waals surface area contributed by atoms with Gasteiger partial charge in [0.05, 0.1) is 5.56 Å². The van der Waals surface area contributed by atoms with Crippen molar-refractivity contribution in [2.45, 2.75) is 12.8 Å². The number of carbonyl (C=O) groups excluding carboxylic acids is 1. The molecule has 1 amide bonds. The Bertz CT molecular complexity index is 488. The van der Waals surface area contributed by atoms with Crippen molar-refractivity contribution >= 4 is 28.5 Å². The second-order valence-electron chi connectivity index (χ2n) is 5.64. The zero-order valence-electron chi connectivity index (χ0n) is 11.2. The highest BCUT2D eigenvalue weighted by Crippen LogP contribution is 2.28. The number of carbonyl (C=O) groups is 1. The molecule has 1 N–H and O–H groups in total. The Morgan fingerprint density at radius 3 is 2.50 bits per heavy atom. The van der Waals surface area contributed by atoms with E-state index in [-0.39, 0.29) is 11.5 Å². The summed E-state index contributed by atoms with van der Waals surface area (Å²) in [5.74, 6) is 0.786. The van der Waals surface area contributed by atoms with Gasteiger partial charge in [-0.05, 0) is 72.5 Å². The van der Waals surface area contributed by atoms with Gasteiger partial charge in [0, 0.05) is 16.7 Å². The molecule has 2 aliphatic rings. The maximum Gasteiger partial charge on any atom is 0.257 e. The molecule has 2 atom stereocenters. The maximum absolute atomic E-state index is 13.9. The predicted molar refractivity (Wildman–Crippen MR) is 84.1 cm³/mol. The third-order valence-corrected chi connectivity index (χ3v) is 5.38. The second kappa shape index (κ2) is 5.97. The van der Waals surface area contributed by atoms with Crippen molar-refractivity contribution in [1.82, 2.24) is 10.2 Å². The van der Waals surface area contributed by atoms with Crippen molar-refractivity contribution in [3.05, 3.63) is 33.1 Å². The van der Waals surface area contributed by atoms with Crippen molar-refractivity contribution in [2.75, 3.05) is 26.2 Å². The van der Waals surface area contributed by atoms with Crippen LogP contribution in [-0.4, -0.2) is 37.0 Å². The van der Waals surface area contributed by atoms with Gasteiger partial charge in [0.25, 0.3) is 5.91 Å². The second-order valence-corrected chi connectivity index (χ2v) is 6.81. The number of halogens is 2. The largest absolute Gasteiger partial charge is 0.339 e. The molecular formula is C15H18FIN2O. The number of fused-ring (bicyclic) bond motifs is 1. The Morgan fingerprint density at radius 1 is 1.25 bits per heavy atom. The average molecular weight is 388 g/mol. The summed E-state index contributed by atoms with van der Waals surface area (Å²) < 4.78 is 14.6. The van der Waals surface area contributed by atoms with Crippen LogP contribution in [0.3, 0.4) is 0 Å². The average Bonchev–Trinajstić information content (AvgIpc) is 2.77. The van der Waals surface area contributed by atoms with Gasteiger partial charge in [0.2, 0.25) is 0 Å². The Morgan fingerprint density at radius 2 is 1.90 bits per heavy atom. The molecule has 0 spiro atoms. The summed E-state index contributed by atoms with van der Waals surface area (Å²) in [6.07, 6.45) is 2.04. The highest BCUT2D eigenvalue weighted by molar-refractivity contribution is 14.1. The molecule has 2 heterocycles. The first kappa shape index (κ1) is 14.3. The molecule has 5 heteroatoms. The third-order valence-electron chi connectivity index (χ3n) is 4.48. The van der Waals surface area contributed by atoms with Crippen LogP contribution in [0.1, 0.15) is 23.2 Å². The van der Waals surface area contributed by atoms with Gasteiger partial charge in [0.1, 0.15) is 5.82 Å². The van der Waals surface area contributed by atoms with Crippen LogP contribution in [-0.2, 0) is 0 Å². The standard InChI is InChI=1S/C15H18FIN2O/c16-12-2-1-3-13(17)14(12)15(20)19-6-4-10-8-18-9-11(10)5-7-19/h1-3,10-11,18H,4-9H2/t10-,11+. The first-order valence-electron chi connectivity index (χ1n) is 7.11. The van der Waals surface area contributed by atoms with E-state index in [0.29, 0.717) is 15.4 Å². The molecule has 20 heavy (non-hydrogen) atoms. The van der Waals surface area contributed by atoms with E-state index in [2.05, 4.69) is 5.32 Å². The molecule has 1 aromatic carbocycles. The third kappa shape index (κ3) is 2.70. The number of amides is 1. The predicted octanol–water partition coefficient (Wildman–Crippen LogP) is 2.50. The van der Waals surface area contributed by atoms with Crippen molar-refractivity contribution in [1.29, 1.82) is 0 Å². The molecule has 3 nitrogen and oxygen atoms in total. The summed E-state index contributed by atoms with van der Waals surface area (Å²) in [5, 5.41) is 3.42. The topological polar surface area (TPSA) is 32.3 Å². The number of hydrogen-bond acceptors (Lipinski definition) is 2. The van der Waals surface area contributed by atoms with Gasteiger partial charge in [-0.3, -0.25) is 4.79 Å². The minimum atomic E-state index is -0.409. The molecule has 0 radical (unpaired) electrons. The van der Waals surface area contributed by atoms with E-state index < -0.39 is 5.82 Å². The fourth-order valence-electron chi connectivity index (χ4n) is 3.28. The molecular weight excluding hydrogens is 370 g/mol. The fraction of sp³-hybridized carbons (Fsp3) is 0.533. The van der Waals surface area contributed by atoms with E-state index >= 15 is 0 Å². The van der Waals surface area contributed by atoms with Crippen LogP contribution in [0.25, 0.3) is 0 Å². The minimum absolute atomic E-state index is 0.152. The van der Waals surface area contributed by atoms with Gasteiger partial charge in [-0.1, -0.05) is 6.07 Å². The molecule has 0 saturated carbocycles. The quantitative estimate of drug-likeness (QED) is 0.750. The molecule has 0 aromatic heterocycles. The van der Waals surface area contributed by atoms with E-state index in [1.807, 2.05) is 27.5 Å². The van der Waals surface area contributed by atoms with Crippen molar-refractivity contribution in [2.24, 2.45) is 11.8 Å². The van der Waals surface area contributed by atoms with Gasteiger partial charge in [-0.25, -0.2) is 4.39 Å². The number of rotatable bonds is 1. The summed E-state index contributed by atoms with van der Waals surface area (Å²) in [5.41, 5.74) is 0.235. The van der Waals surface area contributed by atoms with Crippen LogP contribution in [0, 0.1) is 21.2 Å². The summed E-state index contributed by atoms with van der Waals surface area (Å²) in [6.45, 7) is 3.60. The molecule has 0 aliphatic carbocycles. The van der Waals surface area contributed by atoms with Crippen molar-refractivity contribution in [3.8, 4) is 0 Å². The van der Waals surface area contributed by atoms with Gasteiger partial charge < -0.3 is 10.2 Å². The first-order chi connectivity index (χ1) is 9.66. The highest BCUT2D eigenvalue weighted by Gasteiger charge is 2.32. The lowest BCUT2D eigenvalue weighted by Gasteiger charge is -2.21. The van der Waals surface area contributed by atoms with E-state index in [0.717, 1.165) is 39.0 Å². The Labute approximate surface area is 132 Å². The zero-order valence-corrected chi connectivity index (χ0v) is 13.4. The SMILES string of the molecule is O=C(c1c(F)cccc1I)N1CC[C@@H]2CNC[C@@H]2CC1. The normalized spacial score (nSPS) is 26.2. The Hall–Kier alpha value is -0.690. The number of benzene rings is 1. The molecule has 0 bridgehead atoms. The highest BCUT2D eigenvalue weighted by atomic mass is 127. The van der Waals surface area contributed by atoms with E-state index in [1.165, 1.54) is 6.07 Å². The maximum atomic E-state index is 13.9. The smallest absolute Gasteiger partial charge is 0.257 e. The lowest BCUT2D eigenvalue weighted by molar-refractivity contribution is 0.0752. The summed E-state index contributed by atoms with van der Waals surface area (Å²) >= 11 is 2.04. The van der Waals surface area contributed by atoms with E-state index in [9.17, 15) is 9.18 Å². The number of hydrogen-bond donors (Lipinski definition) is 1. The van der Waals surface area contributed by atoms with Crippen LogP contribution < -0.4 is 5.32 Å². The van der Waals surface area contributed by atoms with Gasteiger partial charge in [-0.2, -0.15) is 0 Å². The fourth-order valence-corrected chi connectivity index (χ4v) is 3.98. The Balaban J connectivity index is 1.77. The molecule has 0 unspecified atom stereocenters. The van der Waals surface area contributed by atoms with Crippen LogP contribution in [0.5, 0.6) is 0 Å². The van der Waals surface area contributed by atoms with Gasteiger partial charge >= 0.3 is 0 Å². The summed E-state index contributed by atoms with van der Waals surface area (Å²) in [6, 6.07) is 4.80. The lowest BCUT2D eigenvalue weighted by Crippen LogP contribution is -2.33. The minimum Gasteiger partial charge on any atom is -0.339 e. The van der Waals surface area contributed by atoms with Crippen LogP contribution in [0.15, 0.2) is 18.2 Å². The molecule has 2 aliphatic heterocycles. The first-order valence-corrected chi connectivity index (χ1v) is 8.18. The van der Waals surface area contributed by atoms with Crippen LogP contribution >= 0.6 is 22.6 Å². The van der Waals surface area contributed by atoms with E-state index in [1.54, 1.807) is 12.1 Å². The van der Waals surface area contributed by atoms with Gasteiger partial charge in [0.15, 0.2) is 0 Å². The Kier molecular flexibility index (Phi) is 4.26. The summed E-state index contributed by atoms with van der Waals surface area (Å²) in [7, 11) is 0. The lowest BCUT2D eigenvalue weighted by atomic mass is 9.92.